The molecule has 2 amide bonds. The summed E-state index contributed by atoms with van der Waals surface area (Å²) in [5.74, 6) is -0.393. The number of halogens is 3. The van der Waals surface area contributed by atoms with Gasteiger partial charge in [-0.15, -0.1) is 0 Å². The number of hydrogen-bond donors (Lipinski definition) is 2. The van der Waals surface area contributed by atoms with Crippen LogP contribution in [0, 0.1) is 0 Å². The number of hydrogen-bond acceptors (Lipinski definition) is 6. The number of benzene rings is 1. The third-order valence-electron chi connectivity index (χ3n) is 4.62. The number of carbonyl (C=O) groups excluding carboxylic acids is 2. The second kappa shape index (κ2) is 8.39. The Morgan fingerprint density at radius 3 is 2.43 bits per heavy atom. The van der Waals surface area contributed by atoms with E-state index in [-0.39, 0.29) is 13.1 Å². The van der Waals surface area contributed by atoms with Crippen molar-refractivity contribution in [1.29, 1.82) is 0 Å². The number of alkyl halides is 3. The first-order valence-corrected chi connectivity index (χ1v) is 8.93. The van der Waals surface area contributed by atoms with Crippen molar-refractivity contribution in [3.05, 3.63) is 54.9 Å². The second-order valence-corrected chi connectivity index (χ2v) is 6.53. The predicted octanol–water partition coefficient (Wildman–Crippen LogP) is 1.93. The molecular formula is C19H19F3N6O2. The summed E-state index contributed by atoms with van der Waals surface area (Å²) < 4.78 is 38.2. The summed E-state index contributed by atoms with van der Waals surface area (Å²) in [5.41, 5.74) is 5.09. The zero-order chi connectivity index (χ0) is 21.9. The number of rotatable bonds is 5. The molecule has 2 aromatic rings. The van der Waals surface area contributed by atoms with Crippen LogP contribution in [0.2, 0.25) is 0 Å². The van der Waals surface area contributed by atoms with E-state index in [0.717, 1.165) is 18.2 Å². The molecule has 30 heavy (non-hydrogen) atoms. The van der Waals surface area contributed by atoms with Crippen LogP contribution in [0.3, 0.4) is 0 Å². The number of piperazine rings is 1. The van der Waals surface area contributed by atoms with Gasteiger partial charge in [0.1, 0.15) is 6.04 Å². The van der Waals surface area contributed by atoms with Gasteiger partial charge in [0.2, 0.25) is 11.8 Å². The lowest BCUT2D eigenvalue weighted by Gasteiger charge is -2.40. The quantitative estimate of drug-likeness (QED) is 0.717. The molecule has 158 valence electrons. The van der Waals surface area contributed by atoms with Crippen LogP contribution in [-0.4, -0.2) is 52.4 Å². The number of nitrogens with one attached hydrogen (secondary N) is 1. The molecule has 1 saturated heterocycles. The Labute approximate surface area is 170 Å². The Balaban J connectivity index is 1.82. The van der Waals surface area contributed by atoms with Crippen molar-refractivity contribution in [2.45, 2.75) is 12.2 Å². The van der Waals surface area contributed by atoms with Gasteiger partial charge in [0.05, 0.1) is 5.56 Å². The maximum atomic E-state index is 12.7. The number of aromatic nitrogens is 2. The van der Waals surface area contributed by atoms with E-state index in [9.17, 15) is 22.8 Å². The average Bonchev–Trinajstić information content (AvgIpc) is 2.73. The zero-order valence-corrected chi connectivity index (χ0v) is 15.8. The summed E-state index contributed by atoms with van der Waals surface area (Å²) in [5, 5.41) is 2.94. The zero-order valence-electron chi connectivity index (χ0n) is 15.8. The SMILES string of the molecule is C=CC(=O)N1CCN(c2nccnc2Nc2ccc(C(F)(F)F)cc2)C[C@H]1C(N)=O. The minimum Gasteiger partial charge on any atom is -0.368 e. The Kier molecular flexibility index (Phi) is 5.90. The lowest BCUT2D eigenvalue weighted by molar-refractivity contribution is -0.137. The lowest BCUT2D eigenvalue weighted by Crippen LogP contribution is -2.60. The first kappa shape index (κ1) is 21.1. The molecule has 1 aliphatic heterocycles. The van der Waals surface area contributed by atoms with E-state index in [1.165, 1.54) is 29.4 Å². The normalized spacial score (nSPS) is 16.8. The smallest absolute Gasteiger partial charge is 0.368 e. The molecule has 0 aliphatic carbocycles. The van der Waals surface area contributed by atoms with E-state index in [2.05, 4.69) is 21.9 Å². The lowest BCUT2D eigenvalue weighted by atomic mass is 10.1. The van der Waals surface area contributed by atoms with Crippen molar-refractivity contribution in [2.24, 2.45) is 5.73 Å². The molecule has 0 bridgehead atoms. The number of carbonyl (C=O) groups is 2. The topological polar surface area (TPSA) is 104 Å². The highest BCUT2D eigenvalue weighted by Crippen LogP contribution is 2.31. The van der Waals surface area contributed by atoms with Crippen molar-refractivity contribution in [1.82, 2.24) is 14.9 Å². The van der Waals surface area contributed by atoms with E-state index in [1.54, 1.807) is 4.90 Å². The summed E-state index contributed by atoms with van der Waals surface area (Å²) in [4.78, 5) is 35.4. The van der Waals surface area contributed by atoms with Crippen molar-refractivity contribution in [3.8, 4) is 0 Å². The summed E-state index contributed by atoms with van der Waals surface area (Å²) in [6.45, 7) is 4.09. The van der Waals surface area contributed by atoms with E-state index in [1.807, 2.05) is 0 Å². The molecule has 2 heterocycles. The van der Waals surface area contributed by atoms with Crippen molar-refractivity contribution in [2.75, 3.05) is 29.9 Å². The van der Waals surface area contributed by atoms with Crippen LogP contribution < -0.4 is 16.0 Å². The Morgan fingerprint density at radius 2 is 1.83 bits per heavy atom. The minimum atomic E-state index is -4.43. The van der Waals surface area contributed by atoms with Gasteiger partial charge in [-0.1, -0.05) is 6.58 Å². The van der Waals surface area contributed by atoms with Crippen LogP contribution in [0.4, 0.5) is 30.5 Å². The third kappa shape index (κ3) is 4.50. The fraction of sp³-hybridized carbons (Fsp3) is 0.263. The Bertz CT molecular complexity index is 948. The predicted molar refractivity (Wildman–Crippen MR) is 104 cm³/mol. The summed E-state index contributed by atoms with van der Waals surface area (Å²) in [7, 11) is 0. The third-order valence-corrected chi connectivity index (χ3v) is 4.62. The van der Waals surface area contributed by atoms with Crippen LogP contribution in [0.5, 0.6) is 0 Å². The number of nitrogens with two attached hydrogens (primary N) is 1. The molecule has 3 rings (SSSR count). The highest BCUT2D eigenvalue weighted by Gasteiger charge is 2.34. The molecule has 0 saturated carbocycles. The Morgan fingerprint density at radius 1 is 1.17 bits per heavy atom. The van der Waals surface area contributed by atoms with Gasteiger partial charge in [0.15, 0.2) is 11.6 Å². The largest absolute Gasteiger partial charge is 0.416 e. The van der Waals surface area contributed by atoms with Crippen molar-refractivity contribution in [3.63, 3.8) is 0 Å². The van der Waals surface area contributed by atoms with E-state index < -0.39 is 29.6 Å². The van der Waals surface area contributed by atoms with Crippen LogP contribution in [0.1, 0.15) is 5.56 Å². The molecule has 3 N–H and O–H groups in total. The molecule has 1 aromatic heterocycles. The highest BCUT2D eigenvalue weighted by atomic mass is 19.4. The average molecular weight is 420 g/mol. The van der Waals surface area contributed by atoms with E-state index in [0.29, 0.717) is 23.9 Å². The summed E-state index contributed by atoms with van der Waals surface area (Å²) >= 11 is 0. The fourth-order valence-electron chi connectivity index (χ4n) is 3.13. The van der Waals surface area contributed by atoms with Gasteiger partial charge in [0.25, 0.3) is 0 Å². The van der Waals surface area contributed by atoms with Crippen LogP contribution in [0.25, 0.3) is 0 Å². The van der Waals surface area contributed by atoms with Gasteiger partial charge in [-0.3, -0.25) is 9.59 Å². The monoisotopic (exact) mass is 420 g/mol. The number of anilines is 3. The van der Waals surface area contributed by atoms with Gasteiger partial charge in [-0.2, -0.15) is 13.2 Å². The molecule has 1 fully saturated rings. The minimum absolute atomic E-state index is 0.0926. The van der Waals surface area contributed by atoms with Gasteiger partial charge in [0, 0.05) is 37.7 Å². The van der Waals surface area contributed by atoms with Gasteiger partial charge >= 0.3 is 6.18 Å². The number of primary amides is 1. The van der Waals surface area contributed by atoms with Crippen LogP contribution in [0.15, 0.2) is 49.3 Å². The van der Waals surface area contributed by atoms with E-state index >= 15 is 0 Å². The second-order valence-electron chi connectivity index (χ2n) is 6.53. The number of amides is 2. The summed E-state index contributed by atoms with van der Waals surface area (Å²) in [6.07, 6.45) is -0.430. The molecular weight excluding hydrogens is 401 g/mol. The first-order valence-electron chi connectivity index (χ1n) is 8.93. The van der Waals surface area contributed by atoms with Crippen molar-refractivity contribution >= 4 is 29.1 Å². The fourth-order valence-corrected chi connectivity index (χ4v) is 3.13. The standard InChI is InChI=1S/C19H19F3N6O2/c1-2-15(29)28-10-9-27(11-14(28)16(23)30)18-17(24-7-8-25-18)26-13-5-3-12(4-6-13)19(20,21)22/h2-8,14H,1,9-11H2,(H2,23,30)(H,24,26)/t14-/m0/s1. The maximum absolute atomic E-state index is 12.7. The molecule has 11 heteroatoms. The van der Waals surface area contributed by atoms with E-state index in [4.69, 9.17) is 5.73 Å². The highest BCUT2D eigenvalue weighted by molar-refractivity contribution is 5.93. The molecule has 0 radical (unpaired) electrons. The van der Waals surface area contributed by atoms with Gasteiger partial charge in [-0.25, -0.2) is 9.97 Å². The van der Waals surface area contributed by atoms with Gasteiger partial charge < -0.3 is 20.9 Å². The molecule has 1 aliphatic rings. The maximum Gasteiger partial charge on any atom is 0.416 e. The van der Waals surface area contributed by atoms with Crippen molar-refractivity contribution < 1.29 is 22.8 Å². The molecule has 0 unspecified atom stereocenters. The molecule has 1 aromatic carbocycles. The Hall–Kier alpha value is -3.63. The molecule has 0 spiro atoms. The summed E-state index contributed by atoms with van der Waals surface area (Å²) in [6, 6.07) is 3.61. The first-order chi connectivity index (χ1) is 14.2. The molecule has 1 atom stereocenters. The molecule has 8 nitrogen and oxygen atoms in total. The van der Waals surface area contributed by atoms with Crippen LogP contribution >= 0.6 is 0 Å². The van der Waals surface area contributed by atoms with Gasteiger partial charge in [-0.05, 0) is 30.3 Å². The van der Waals surface area contributed by atoms with Crippen LogP contribution in [-0.2, 0) is 15.8 Å². The number of nitrogens with zero attached hydrogens (tertiary/aromatic N) is 4.